The van der Waals surface area contributed by atoms with E-state index in [2.05, 4.69) is 0 Å². The molecular weight excluding hydrogens is 408 g/mol. The maximum absolute atomic E-state index is 13.3. The SMILES string of the molecule is CN(Cc1ccccc1)C(=O)CN(c1ccccc1)S(=O)(=O)c1ccc(Cl)cc1. The summed E-state index contributed by atoms with van der Waals surface area (Å²) >= 11 is 5.89. The molecule has 0 N–H and O–H groups in total. The van der Waals surface area contributed by atoms with E-state index in [1.807, 2.05) is 30.3 Å². The largest absolute Gasteiger partial charge is 0.340 e. The molecule has 150 valence electrons. The summed E-state index contributed by atoms with van der Waals surface area (Å²) in [6.07, 6.45) is 0. The van der Waals surface area contributed by atoms with Crippen LogP contribution in [0.1, 0.15) is 5.56 Å². The monoisotopic (exact) mass is 428 g/mol. The van der Waals surface area contributed by atoms with Crippen molar-refractivity contribution in [2.75, 3.05) is 17.9 Å². The van der Waals surface area contributed by atoms with Crippen molar-refractivity contribution in [3.63, 3.8) is 0 Å². The molecule has 0 bridgehead atoms. The smallest absolute Gasteiger partial charge is 0.264 e. The average molecular weight is 429 g/mol. The van der Waals surface area contributed by atoms with Gasteiger partial charge in [-0.1, -0.05) is 60.1 Å². The van der Waals surface area contributed by atoms with Crippen molar-refractivity contribution >= 4 is 33.2 Å². The highest BCUT2D eigenvalue weighted by molar-refractivity contribution is 7.92. The molecule has 0 saturated carbocycles. The van der Waals surface area contributed by atoms with Gasteiger partial charge in [0.1, 0.15) is 6.54 Å². The van der Waals surface area contributed by atoms with Gasteiger partial charge in [0.05, 0.1) is 10.6 Å². The van der Waals surface area contributed by atoms with E-state index in [9.17, 15) is 13.2 Å². The first-order valence-electron chi connectivity index (χ1n) is 8.99. The molecule has 3 aromatic carbocycles. The first-order chi connectivity index (χ1) is 13.9. The van der Waals surface area contributed by atoms with Crippen LogP contribution >= 0.6 is 11.6 Å². The number of benzene rings is 3. The fourth-order valence-electron chi connectivity index (χ4n) is 2.83. The number of hydrogen-bond acceptors (Lipinski definition) is 3. The van der Waals surface area contributed by atoms with Crippen LogP contribution in [0.15, 0.2) is 89.8 Å². The van der Waals surface area contributed by atoms with E-state index in [1.54, 1.807) is 37.4 Å². The van der Waals surface area contributed by atoms with Crippen LogP contribution in [0.3, 0.4) is 0 Å². The number of sulfonamides is 1. The second-order valence-corrected chi connectivity index (χ2v) is 8.84. The van der Waals surface area contributed by atoms with Crippen molar-refractivity contribution in [1.82, 2.24) is 4.90 Å². The molecule has 0 atom stereocenters. The van der Waals surface area contributed by atoms with Gasteiger partial charge in [0.2, 0.25) is 5.91 Å². The fourth-order valence-corrected chi connectivity index (χ4v) is 4.37. The molecule has 0 aliphatic carbocycles. The molecule has 0 heterocycles. The summed E-state index contributed by atoms with van der Waals surface area (Å²) in [6.45, 7) is 0.0849. The van der Waals surface area contributed by atoms with Crippen molar-refractivity contribution in [3.8, 4) is 0 Å². The van der Waals surface area contributed by atoms with Gasteiger partial charge in [0.15, 0.2) is 0 Å². The highest BCUT2D eigenvalue weighted by Gasteiger charge is 2.28. The Balaban J connectivity index is 1.88. The number of para-hydroxylation sites is 1. The number of likely N-dealkylation sites (N-methyl/N-ethyl adjacent to an activating group) is 1. The molecule has 0 fully saturated rings. The lowest BCUT2D eigenvalue weighted by molar-refractivity contribution is -0.128. The molecule has 3 rings (SSSR count). The van der Waals surface area contributed by atoms with Crippen LogP contribution in [0.5, 0.6) is 0 Å². The van der Waals surface area contributed by atoms with E-state index in [0.717, 1.165) is 9.87 Å². The zero-order chi connectivity index (χ0) is 20.9. The van der Waals surface area contributed by atoms with E-state index < -0.39 is 10.0 Å². The predicted molar refractivity (Wildman–Crippen MR) is 115 cm³/mol. The van der Waals surface area contributed by atoms with Crippen LogP contribution in [0, 0.1) is 0 Å². The summed E-state index contributed by atoms with van der Waals surface area (Å²) in [5.74, 6) is -0.310. The number of nitrogens with zero attached hydrogens (tertiary/aromatic N) is 2. The molecule has 0 unspecified atom stereocenters. The number of carbonyl (C=O) groups is 1. The van der Waals surface area contributed by atoms with E-state index in [-0.39, 0.29) is 17.3 Å². The number of hydrogen-bond donors (Lipinski definition) is 0. The third kappa shape index (κ3) is 5.16. The minimum absolute atomic E-state index is 0.0734. The highest BCUT2D eigenvalue weighted by atomic mass is 35.5. The van der Waals surface area contributed by atoms with E-state index >= 15 is 0 Å². The van der Waals surface area contributed by atoms with Gasteiger partial charge in [-0.15, -0.1) is 0 Å². The molecule has 0 aliphatic heterocycles. The van der Waals surface area contributed by atoms with E-state index in [0.29, 0.717) is 17.3 Å². The van der Waals surface area contributed by atoms with Gasteiger partial charge >= 0.3 is 0 Å². The topological polar surface area (TPSA) is 57.7 Å². The van der Waals surface area contributed by atoms with Gasteiger partial charge in [-0.3, -0.25) is 9.10 Å². The van der Waals surface area contributed by atoms with Crippen molar-refractivity contribution in [2.45, 2.75) is 11.4 Å². The summed E-state index contributed by atoms with van der Waals surface area (Å²) in [6, 6.07) is 24.0. The third-order valence-electron chi connectivity index (χ3n) is 4.41. The Hall–Kier alpha value is -2.83. The van der Waals surface area contributed by atoms with Crippen molar-refractivity contribution in [2.24, 2.45) is 0 Å². The molecule has 1 amide bonds. The Morgan fingerprint density at radius 2 is 1.41 bits per heavy atom. The molecular formula is C22H21ClN2O3S. The third-order valence-corrected chi connectivity index (χ3v) is 6.45. The Bertz CT molecular complexity index is 1060. The van der Waals surface area contributed by atoms with Crippen LogP contribution in [-0.2, 0) is 21.4 Å². The van der Waals surface area contributed by atoms with Crippen molar-refractivity contribution < 1.29 is 13.2 Å². The van der Waals surface area contributed by atoms with Gasteiger partial charge in [-0.05, 0) is 42.0 Å². The Labute approximate surface area is 176 Å². The Morgan fingerprint density at radius 3 is 2.00 bits per heavy atom. The molecule has 3 aromatic rings. The standard InChI is InChI=1S/C22H21ClN2O3S/c1-24(16-18-8-4-2-5-9-18)22(26)17-25(20-10-6-3-7-11-20)29(27,28)21-14-12-19(23)13-15-21/h2-15H,16-17H2,1H3. The molecule has 0 aromatic heterocycles. The molecule has 0 aliphatic rings. The van der Waals surface area contributed by atoms with E-state index in [1.165, 1.54) is 29.2 Å². The molecule has 29 heavy (non-hydrogen) atoms. The summed E-state index contributed by atoms with van der Waals surface area (Å²) in [7, 11) is -2.28. The molecule has 0 saturated heterocycles. The average Bonchev–Trinajstić information content (AvgIpc) is 2.73. The molecule has 5 nitrogen and oxygen atoms in total. The number of carbonyl (C=O) groups excluding carboxylic acids is 1. The lowest BCUT2D eigenvalue weighted by Gasteiger charge is -2.26. The van der Waals surface area contributed by atoms with Gasteiger partial charge in [0, 0.05) is 18.6 Å². The number of anilines is 1. The van der Waals surface area contributed by atoms with Gasteiger partial charge < -0.3 is 4.90 Å². The maximum Gasteiger partial charge on any atom is 0.264 e. The molecule has 0 radical (unpaired) electrons. The van der Waals surface area contributed by atoms with Gasteiger partial charge in [0.25, 0.3) is 10.0 Å². The van der Waals surface area contributed by atoms with Gasteiger partial charge in [-0.2, -0.15) is 0 Å². The van der Waals surface area contributed by atoms with E-state index in [4.69, 9.17) is 11.6 Å². The second-order valence-electron chi connectivity index (χ2n) is 6.54. The zero-order valence-electron chi connectivity index (χ0n) is 15.9. The Morgan fingerprint density at radius 1 is 0.862 bits per heavy atom. The lowest BCUT2D eigenvalue weighted by Crippen LogP contribution is -2.41. The van der Waals surface area contributed by atoms with Crippen LogP contribution in [0.2, 0.25) is 5.02 Å². The summed E-state index contributed by atoms with van der Waals surface area (Å²) in [5.41, 5.74) is 1.39. The lowest BCUT2D eigenvalue weighted by atomic mass is 10.2. The minimum Gasteiger partial charge on any atom is -0.340 e. The number of amides is 1. The van der Waals surface area contributed by atoms with Crippen molar-refractivity contribution in [3.05, 3.63) is 95.5 Å². The van der Waals surface area contributed by atoms with Crippen LogP contribution < -0.4 is 4.31 Å². The van der Waals surface area contributed by atoms with Crippen LogP contribution in [0.25, 0.3) is 0 Å². The molecule has 0 spiro atoms. The normalized spacial score (nSPS) is 11.1. The first kappa shape index (κ1) is 20.9. The summed E-state index contributed by atoms with van der Waals surface area (Å²) < 4.78 is 27.7. The zero-order valence-corrected chi connectivity index (χ0v) is 17.5. The van der Waals surface area contributed by atoms with Crippen LogP contribution in [-0.4, -0.2) is 32.8 Å². The Kier molecular flexibility index (Phi) is 6.56. The van der Waals surface area contributed by atoms with Crippen molar-refractivity contribution in [1.29, 1.82) is 0 Å². The quantitative estimate of drug-likeness (QED) is 0.566. The maximum atomic E-state index is 13.3. The summed E-state index contributed by atoms with van der Waals surface area (Å²) in [5, 5.41) is 0.439. The second kappa shape index (κ2) is 9.11. The predicted octanol–water partition coefficient (Wildman–Crippen LogP) is 4.19. The number of halogens is 1. The fraction of sp³-hybridized carbons (Fsp3) is 0.136. The first-order valence-corrected chi connectivity index (χ1v) is 10.8. The number of rotatable bonds is 7. The summed E-state index contributed by atoms with van der Waals surface area (Å²) in [4.78, 5) is 14.5. The highest BCUT2D eigenvalue weighted by Crippen LogP contribution is 2.24. The van der Waals surface area contributed by atoms with Crippen LogP contribution in [0.4, 0.5) is 5.69 Å². The molecule has 7 heteroatoms. The van der Waals surface area contributed by atoms with Gasteiger partial charge in [-0.25, -0.2) is 8.42 Å². The minimum atomic E-state index is -3.95.